The molecule has 0 atom stereocenters. The van der Waals surface area contributed by atoms with Crippen molar-refractivity contribution in [2.75, 3.05) is 5.32 Å². The highest BCUT2D eigenvalue weighted by atomic mass is 15.0. The van der Waals surface area contributed by atoms with E-state index in [4.69, 9.17) is 20.4 Å². The second-order valence-electron chi connectivity index (χ2n) is 14.5. The second kappa shape index (κ2) is 14.1. The van der Waals surface area contributed by atoms with Crippen molar-refractivity contribution in [3.63, 3.8) is 0 Å². The molecule has 11 aromatic rings. The Balaban J connectivity index is 1.06. The molecule has 0 fully saturated rings. The van der Waals surface area contributed by atoms with E-state index in [1.807, 2.05) is 66.7 Å². The van der Waals surface area contributed by atoms with Gasteiger partial charge in [0.25, 0.3) is 0 Å². The van der Waals surface area contributed by atoms with E-state index in [1.165, 1.54) is 6.21 Å². The minimum Gasteiger partial charge on any atom is -0.353 e. The molecule has 11 rings (SSSR count). The highest BCUT2D eigenvalue weighted by Gasteiger charge is 2.20. The van der Waals surface area contributed by atoms with Crippen molar-refractivity contribution in [2.45, 2.75) is 0 Å². The molecule has 0 unspecified atom stereocenters. The second-order valence-corrected chi connectivity index (χ2v) is 14.5. The van der Waals surface area contributed by atoms with Gasteiger partial charge in [-0.05, 0) is 60.7 Å². The summed E-state index contributed by atoms with van der Waals surface area (Å²) in [6, 6.07) is 66.6. The van der Waals surface area contributed by atoms with Crippen molar-refractivity contribution < 1.29 is 0 Å². The fourth-order valence-electron chi connectivity index (χ4n) is 8.41. The number of para-hydroxylation sites is 4. The van der Waals surface area contributed by atoms with Crippen LogP contribution in [0.4, 0.5) is 11.4 Å². The summed E-state index contributed by atoms with van der Waals surface area (Å²) in [4.78, 5) is 14.8. The molecular formula is C52H35N7. The van der Waals surface area contributed by atoms with Crippen molar-refractivity contribution >= 4 is 61.2 Å². The number of rotatable bonds is 8. The van der Waals surface area contributed by atoms with Crippen molar-refractivity contribution in [3.8, 4) is 45.5 Å². The summed E-state index contributed by atoms with van der Waals surface area (Å²) < 4.78 is 4.59. The lowest BCUT2D eigenvalue weighted by Gasteiger charge is -2.16. The third-order valence-electron chi connectivity index (χ3n) is 11.1. The van der Waals surface area contributed by atoms with Crippen LogP contribution < -0.4 is 5.32 Å². The van der Waals surface area contributed by atoms with Crippen molar-refractivity contribution in [2.24, 2.45) is 0 Å². The van der Waals surface area contributed by atoms with Crippen LogP contribution in [0.25, 0.3) is 89.2 Å². The van der Waals surface area contributed by atoms with E-state index in [2.05, 4.69) is 142 Å². The lowest BCUT2D eigenvalue weighted by atomic mass is 10.1. The van der Waals surface area contributed by atoms with E-state index in [1.54, 1.807) is 0 Å². The number of hydrogen-bond donors (Lipinski definition) is 2. The smallest absolute Gasteiger partial charge is 0.164 e. The number of aromatic nitrogens is 5. The first kappa shape index (κ1) is 34.1. The zero-order valence-corrected chi connectivity index (χ0v) is 31.8. The summed E-state index contributed by atoms with van der Waals surface area (Å²) in [5, 5.41) is 17.2. The molecule has 0 aliphatic heterocycles. The molecule has 0 aliphatic carbocycles. The molecule has 2 N–H and O–H groups in total. The van der Waals surface area contributed by atoms with E-state index in [0.717, 1.165) is 88.6 Å². The Labute approximate surface area is 340 Å². The first-order valence-electron chi connectivity index (χ1n) is 19.6. The largest absolute Gasteiger partial charge is 0.353 e. The van der Waals surface area contributed by atoms with Gasteiger partial charge in [-0.1, -0.05) is 133 Å². The summed E-state index contributed by atoms with van der Waals surface area (Å²) in [6.07, 6.45) is 1.48. The summed E-state index contributed by atoms with van der Waals surface area (Å²) in [5.41, 5.74) is 11.6. The maximum absolute atomic E-state index is 8.81. The number of nitrogens with zero attached hydrogens (tertiary/aromatic N) is 5. The molecule has 278 valence electrons. The average Bonchev–Trinajstić information content (AvgIpc) is 3.83. The van der Waals surface area contributed by atoms with Gasteiger partial charge < -0.3 is 19.9 Å². The summed E-state index contributed by atoms with van der Waals surface area (Å²) >= 11 is 0. The zero-order valence-electron chi connectivity index (χ0n) is 31.8. The van der Waals surface area contributed by atoms with Crippen LogP contribution >= 0.6 is 0 Å². The Hall–Kier alpha value is -8.16. The minimum atomic E-state index is 0.608. The first-order chi connectivity index (χ1) is 29.2. The minimum absolute atomic E-state index is 0.608. The van der Waals surface area contributed by atoms with E-state index in [9.17, 15) is 0 Å². The lowest BCUT2D eigenvalue weighted by molar-refractivity contribution is 1.07. The summed E-state index contributed by atoms with van der Waals surface area (Å²) in [6.45, 7) is 0. The topological polar surface area (TPSA) is 84.4 Å². The number of nitrogens with one attached hydrogen (secondary N) is 2. The normalized spacial score (nSPS) is 11.5. The Bertz CT molecular complexity index is 3290. The monoisotopic (exact) mass is 757 g/mol. The van der Waals surface area contributed by atoms with E-state index in [0.29, 0.717) is 17.5 Å². The van der Waals surface area contributed by atoms with Gasteiger partial charge in [0.15, 0.2) is 17.5 Å². The van der Waals surface area contributed by atoms with Gasteiger partial charge in [0, 0.05) is 67.1 Å². The summed E-state index contributed by atoms with van der Waals surface area (Å²) in [7, 11) is 0. The molecule has 7 nitrogen and oxygen atoms in total. The van der Waals surface area contributed by atoms with E-state index < -0.39 is 0 Å². The van der Waals surface area contributed by atoms with Crippen LogP contribution in [-0.4, -0.2) is 30.3 Å². The molecule has 0 amide bonds. The van der Waals surface area contributed by atoms with Crippen molar-refractivity contribution in [3.05, 3.63) is 200 Å². The van der Waals surface area contributed by atoms with Gasteiger partial charge in [-0.15, -0.1) is 0 Å². The molecule has 3 heterocycles. The molecular weight excluding hydrogens is 723 g/mol. The maximum atomic E-state index is 8.81. The van der Waals surface area contributed by atoms with Gasteiger partial charge in [-0.25, -0.2) is 15.0 Å². The Morgan fingerprint density at radius 1 is 0.373 bits per heavy atom. The van der Waals surface area contributed by atoms with Gasteiger partial charge in [0.05, 0.1) is 27.8 Å². The van der Waals surface area contributed by atoms with Gasteiger partial charge in [-0.2, -0.15) is 0 Å². The predicted octanol–water partition coefficient (Wildman–Crippen LogP) is 12.8. The van der Waals surface area contributed by atoms with E-state index >= 15 is 0 Å². The average molecular weight is 758 g/mol. The molecule has 0 radical (unpaired) electrons. The number of benzene rings is 8. The number of anilines is 2. The fraction of sp³-hybridized carbons (Fsp3) is 0. The molecule has 0 aliphatic rings. The SMILES string of the molecule is N=Cc1c(Nc2cccc3c4ccccc4n(-c4ccc(-c5nc(-c6ccccc6)nc(-c6ccccc6)n5)cc4)c23)ccc2c3ccccc3n(-c3ccccc3)c12. The van der Waals surface area contributed by atoms with Crippen LogP contribution in [0, 0.1) is 5.41 Å². The quantitative estimate of drug-likeness (QED) is 0.151. The first-order valence-corrected chi connectivity index (χ1v) is 19.6. The summed E-state index contributed by atoms with van der Waals surface area (Å²) in [5.74, 6) is 1.86. The molecule has 59 heavy (non-hydrogen) atoms. The van der Waals surface area contributed by atoms with Crippen molar-refractivity contribution in [1.29, 1.82) is 5.41 Å². The molecule has 8 aromatic carbocycles. The zero-order chi connectivity index (χ0) is 39.3. The predicted molar refractivity (Wildman–Crippen MR) is 242 cm³/mol. The van der Waals surface area contributed by atoms with Gasteiger partial charge in [0.1, 0.15) is 0 Å². The van der Waals surface area contributed by atoms with Gasteiger partial charge in [-0.3, -0.25) is 0 Å². The van der Waals surface area contributed by atoms with Gasteiger partial charge >= 0.3 is 0 Å². The maximum Gasteiger partial charge on any atom is 0.164 e. The molecule has 0 bridgehead atoms. The van der Waals surface area contributed by atoms with Crippen LogP contribution in [0.1, 0.15) is 5.56 Å². The Morgan fingerprint density at radius 3 is 1.41 bits per heavy atom. The molecule has 0 spiro atoms. The lowest BCUT2D eigenvalue weighted by Crippen LogP contribution is -2.03. The third-order valence-corrected chi connectivity index (χ3v) is 11.1. The highest BCUT2D eigenvalue weighted by Crippen LogP contribution is 2.41. The van der Waals surface area contributed by atoms with Gasteiger partial charge in [0.2, 0.25) is 0 Å². The molecule has 0 saturated carbocycles. The molecule has 0 saturated heterocycles. The number of hydrogen-bond acceptors (Lipinski definition) is 5. The Kier molecular flexibility index (Phi) is 8.15. The molecule has 7 heteroatoms. The molecule has 3 aromatic heterocycles. The fourth-order valence-corrected chi connectivity index (χ4v) is 8.41. The van der Waals surface area contributed by atoms with Crippen LogP contribution in [0.5, 0.6) is 0 Å². The van der Waals surface area contributed by atoms with Crippen LogP contribution in [0.15, 0.2) is 194 Å². The van der Waals surface area contributed by atoms with E-state index in [-0.39, 0.29) is 0 Å². The third kappa shape index (κ3) is 5.75. The van der Waals surface area contributed by atoms with Crippen LogP contribution in [-0.2, 0) is 0 Å². The Morgan fingerprint density at radius 2 is 0.831 bits per heavy atom. The number of fused-ring (bicyclic) bond motifs is 6. The van der Waals surface area contributed by atoms with Crippen LogP contribution in [0.2, 0.25) is 0 Å². The highest BCUT2D eigenvalue weighted by molar-refractivity contribution is 6.17. The van der Waals surface area contributed by atoms with Crippen molar-refractivity contribution in [1.82, 2.24) is 24.1 Å². The standard InChI is InChI=1S/C52H35N7/c53-33-43-44(32-31-42-40-22-11-12-25-46(40)58(48(42)43)37-19-8-3-9-20-37)54-45-24-14-23-41-39-21-10-13-26-47(39)59(49(41)45)38-29-27-36(28-30-38)52-56-50(34-15-4-1-5-16-34)55-51(57-52)35-17-6-2-7-18-35/h1-33,53-54H. The van der Waals surface area contributed by atoms with Crippen LogP contribution in [0.3, 0.4) is 0 Å².